The maximum absolute atomic E-state index is 7.71. The topological polar surface area (TPSA) is 35.9 Å². The van der Waals surface area contributed by atoms with E-state index >= 15 is 0 Å². The van der Waals surface area contributed by atoms with Crippen molar-refractivity contribution in [2.75, 3.05) is 5.32 Å². The molecule has 2 N–H and O–H groups in total. The summed E-state index contributed by atoms with van der Waals surface area (Å²) in [6.07, 6.45) is 4.49. The van der Waals surface area contributed by atoms with E-state index in [-0.39, 0.29) is 0 Å². The lowest BCUT2D eigenvalue weighted by Gasteiger charge is -2.05. The number of hydrogen-bond donors (Lipinski definition) is 2. The monoisotopic (exact) mass is 216 g/mol. The molecule has 0 aliphatic carbocycles. The largest absolute Gasteiger partial charge is 0.361 e. The van der Waals surface area contributed by atoms with Crippen LogP contribution in [0.25, 0.3) is 0 Å². The first-order chi connectivity index (χ1) is 7.59. The summed E-state index contributed by atoms with van der Waals surface area (Å²) in [6, 6.07) is 8.12. The van der Waals surface area contributed by atoms with Crippen LogP contribution in [0.15, 0.2) is 36.5 Å². The molecule has 16 heavy (non-hydrogen) atoms. The number of rotatable bonds is 5. The highest BCUT2D eigenvalue weighted by atomic mass is 14.8. The number of anilines is 1. The molecule has 0 fully saturated rings. The molecule has 0 bridgehead atoms. The molecule has 2 heteroatoms. The predicted molar refractivity (Wildman–Crippen MR) is 71.1 cm³/mol. The molecule has 1 aromatic rings. The second kappa shape index (κ2) is 6.11. The zero-order valence-corrected chi connectivity index (χ0v) is 10.2. The number of hydrogen-bond acceptors (Lipinski definition) is 2. The standard InChI is InChI=1S/C14H20N2/c1-11(2)10-13(15)8-9-16-14-7-5-4-6-12(14)3/h4-9,11,15-16H,10H2,1-3H3/b9-8-,15-13?. The van der Waals surface area contributed by atoms with E-state index in [0.29, 0.717) is 11.6 Å². The Morgan fingerprint density at radius 2 is 2.06 bits per heavy atom. The zero-order chi connectivity index (χ0) is 12.0. The summed E-state index contributed by atoms with van der Waals surface area (Å²) >= 11 is 0. The lowest BCUT2D eigenvalue weighted by molar-refractivity contribution is 0.683. The van der Waals surface area contributed by atoms with Gasteiger partial charge in [-0.1, -0.05) is 32.0 Å². The molecule has 0 atom stereocenters. The fourth-order valence-electron chi connectivity index (χ4n) is 1.47. The van der Waals surface area contributed by atoms with Crippen molar-refractivity contribution in [1.82, 2.24) is 0 Å². The van der Waals surface area contributed by atoms with Gasteiger partial charge >= 0.3 is 0 Å². The molecule has 86 valence electrons. The Kier molecular flexibility index (Phi) is 4.77. The lowest BCUT2D eigenvalue weighted by Crippen LogP contribution is -1.99. The normalized spacial score (nSPS) is 11.0. The third-order valence-electron chi connectivity index (χ3n) is 2.30. The molecule has 0 saturated heterocycles. The summed E-state index contributed by atoms with van der Waals surface area (Å²) < 4.78 is 0. The molecule has 0 aliphatic heterocycles. The van der Waals surface area contributed by atoms with Gasteiger partial charge in [-0.2, -0.15) is 0 Å². The van der Waals surface area contributed by atoms with Crippen LogP contribution in [-0.2, 0) is 0 Å². The number of para-hydroxylation sites is 1. The van der Waals surface area contributed by atoms with Crippen LogP contribution < -0.4 is 5.32 Å². The molecule has 2 nitrogen and oxygen atoms in total. The predicted octanol–water partition coefficient (Wildman–Crippen LogP) is 3.99. The van der Waals surface area contributed by atoms with Gasteiger partial charge in [0.2, 0.25) is 0 Å². The van der Waals surface area contributed by atoms with E-state index in [1.54, 1.807) is 0 Å². The first-order valence-electron chi connectivity index (χ1n) is 5.65. The van der Waals surface area contributed by atoms with E-state index in [0.717, 1.165) is 12.1 Å². The molecule has 0 radical (unpaired) electrons. The van der Waals surface area contributed by atoms with Crippen molar-refractivity contribution in [3.8, 4) is 0 Å². The molecule has 0 aliphatic rings. The second-order valence-electron chi connectivity index (χ2n) is 4.42. The average Bonchev–Trinajstić information content (AvgIpc) is 2.19. The Morgan fingerprint density at radius 1 is 1.38 bits per heavy atom. The highest BCUT2D eigenvalue weighted by Gasteiger charge is 1.97. The van der Waals surface area contributed by atoms with Gasteiger partial charge in [0, 0.05) is 17.6 Å². The van der Waals surface area contributed by atoms with Crippen LogP contribution in [0.4, 0.5) is 5.69 Å². The number of aryl methyl sites for hydroxylation is 1. The third-order valence-corrected chi connectivity index (χ3v) is 2.30. The summed E-state index contributed by atoms with van der Waals surface area (Å²) in [4.78, 5) is 0. The molecule has 0 amide bonds. The molecule has 0 heterocycles. The SMILES string of the molecule is Cc1ccccc1N/C=C\C(=N)CC(C)C. The summed E-state index contributed by atoms with van der Waals surface area (Å²) in [5, 5.41) is 10.9. The van der Waals surface area contributed by atoms with Crippen LogP contribution >= 0.6 is 0 Å². The van der Waals surface area contributed by atoms with Gasteiger partial charge in [-0.3, -0.25) is 0 Å². The summed E-state index contributed by atoms with van der Waals surface area (Å²) in [5.41, 5.74) is 2.97. The van der Waals surface area contributed by atoms with Crippen molar-refractivity contribution in [2.24, 2.45) is 5.92 Å². The van der Waals surface area contributed by atoms with Gasteiger partial charge in [-0.25, -0.2) is 0 Å². The van der Waals surface area contributed by atoms with E-state index in [1.807, 2.05) is 30.5 Å². The maximum Gasteiger partial charge on any atom is 0.0409 e. The van der Waals surface area contributed by atoms with E-state index in [2.05, 4.69) is 32.2 Å². The smallest absolute Gasteiger partial charge is 0.0409 e. The first kappa shape index (κ1) is 12.5. The summed E-state index contributed by atoms with van der Waals surface area (Å²) in [6.45, 7) is 6.31. The Labute approximate surface area is 97.9 Å². The van der Waals surface area contributed by atoms with Crippen LogP contribution in [0.5, 0.6) is 0 Å². The Morgan fingerprint density at radius 3 is 2.69 bits per heavy atom. The second-order valence-corrected chi connectivity index (χ2v) is 4.42. The number of allylic oxidation sites excluding steroid dienone is 1. The van der Waals surface area contributed by atoms with Crippen LogP contribution in [0.3, 0.4) is 0 Å². The molecule has 0 spiro atoms. The van der Waals surface area contributed by atoms with Gasteiger partial charge in [0.05, 0.1) is 0 Å². The Balaban J connectivity index is 2.49. The number of benzene rings is 1. The molecule has 0 aromatic heterocycles. The van der Waals surface area contributed by atoms with Gasteiger partial charge in [0.15, 0.2) is 0 Å². The lowest BCUT2D eigenvalue weighted by atomic mass is 10.1. The van der Waals surface area contributed by atoms with Crippen LogP contribution in [0.2, 0.25) is 0 Å². The fraction of sp³-hybridized carbons (Fsp3) is 0.357. The van der Waals surface area contributed by atoms with Crippen molar-refractivity contribution in [2.45, 2.75) is 27.2 Å². The van der Waals surface area contributed by atoms with Gasteiger partial charge in [0.25, 0.3) is 0 Å². The molecular formula is C14H20N2. The summed E-state index contributed by atoms with van der Waals surface area (Å²) in [7, 11) is 0. The highest BCUT2D eigenvalue weighted by Crippen LogP contribution is 2.12. The average molecular weight is 216 g/mol. The van der Waals surface area contributed by atoms with Crippen LogP contribution in [0, 0.1) is 18.3 Å². The van der Waals surface area contributed by atoms with Crippen molar-refractivity contribution in [3.05, 3.63) is 42.1 Å². The Bertz CT molecular complexity index is 378. The van der Waals surface area contributed by atoms with Crippen molar-refractivity contribution < 1.29 is 0 Å². The molecular weight excluding hydrogens is 196 g/mol. The molecule has 1 aromatic carbocycles. The molecule has 1 rings (SSSR count). The zero-order valence-electron chi connectivity index (χ0n) is 10.2. The maximum atomic E-state index is 7.71. The third kappa shape index (κ3) is 4.30. The minimum absolute atomic E-state index is 0.538. The van der Waals surface area contributed by atoms with Crippen molar-refractivity contribution in [3.63, 3.8) is 0 Å². The highest BCUT2D eigenvalue weighted by molar-refractivity contribution is 5.92. The van der Waals surface area contributed by atoms with E-state index in [9.17, 15) is 0 Å². The van der Waals surface area contributed by atoms with Gasteiger partial charge < -0.3 is 10.7 Å². The molecule has 0 unspecified atom stereocenters. The first-order valence-corrected chi connectivity index (χ1v) is 5.65. The van der Waals surface area contributed by atoms with E-state index < -0.39 is 0 Å². The molecule has 0 saturated carbocycles. The van der Waals surface area contributed by atoms with Gasteiger partial charge in [-0.05, 0) is 37.0 Å². The quantitative estimate of drug-likeness (QED) is 0.717. The van der Waals surface area contributed by atoms with Crippen molar-refractivity contribution >= 4 is 11.4 Å². The van der Waals surface area contributed by atoms with Gasteiger partial charge in [-0.15, -0.1) is 0 Å². The Hall–Kier alpha value is -1.57. The minimum Gasteiger partial charge on any atom is -0.361 e. The van der Waals surface area contributed by atoms with E-state index in [4.69, 9.17) is 5.41 Å². The van der Waals surface area contributed by atoms with Crippen LogP contribution in [-0.4, -0.2) is 5.71 Å². The van der Waals surface area contributed by atoms with E-state index in [1.165, 1.54) is 5.56 Å². The fourth-order valence-corrected chi connectivity index (χ4v) is 1.47. The number of nitrogens with one attached hydrogen (secondary N) is 2. The van der Waals surface area contributed by atoms with Gasteiger partial charge in [0.1, 0.15) is 0 Å². The van der Waals surface area contributed by atoms with Crippen molar-refractivity contribution in [1.29, 1.82) is 5.41 Å². The minimum atomic E-state index is 0.538. The summed E-state index contributed by atoms with van der Waals surface area (Å²) in [5.74, 6) is 0.538. The van der Waals surface area contributed by atoms with Crippen LogP contribution in [0.1, 0.15) is 25.8 Å².